The molecular formula is C13H17NO2S. The molecule has 1 aliphatic heterocycles. The minimum atomic E-state index is 0.195. The molecule has 0 bridgehead atoms. The average Bonchev–Trinajstić information content (AvgIpc) is 2.91. The van der Waals surface area contributed by atoms with Crippen LogP contribution in [0.1, 0.15) is 35.4 Å². The third kappa shape index (κ3) is 2.11. The molecule has 2 atom stereocenters. The topological polar surface area (TPSA) is 29.5 Å². The SMILES string of the molecule is O=C(c1cccs1)N1CCO[C@H]2CCCC[C@H]21. The molecule has 2 aliphatic rings. The number of rotatable bonds is 1. The lowest BCUT2D eigenvalue weighted by Gasteiger charge is -2.43. The number of ether oxygens (including phenoxy) is 1. The molecule has 17 heavy (non-hydrogen) atoms. The molecule has 0 unspecified atom stereocenters. The van der Waals surface area contributed by atoms with Gasteiger partial charge in [0.1, 0.15) is 0 Å². The third-order valence-electron chi connectivity index (χ3n) is 3.72. The van der Waals surface area contributed by atoms with Gasteiger partial charge in [0, 0.05) is 6.54 Å². The van der Waals surface area contributed by atoms with E-state index in [0.717, 1.165) is 24.3 Å². The molecule has 1 saturated carbocycles. The van der Waals surface area contributed by atoms with Crippen LogP contribution in [0.25, 0.3) is 0 Å². The van der Waals surface area contributed by atoms with Crippen molar-refractivity contribution in [3.05, 3.63) is 22.4 Å². The van der Waals surface area contributed by atoms with Gasteiger partial charge in [-0.3, -0.25) is 4.79 Å². The van der Waals surface area contributed by atoms with Crippen LogP contribution in [-0.4, -0.2) is 36.1 Å². The Morgan fingerprint density at radius 2 is 2.29 bits per heavy atom. The Morgan fingerprint density at radius 1 is 1.41 bits per heavy atom. The summed E-state index contributed by atoms with van der Waals surface area (Å²) in [5.74, 6) is 0.195. The highest BCUT2D eigenvalue weighted by Gasteiger charge is 2.37. The van der Waals surface area contributed by atoms with Crippen molar-refractivity contribution in [3.8, 4) is 0 Å². The lowest BCUT2D eigenvalue weighted by Crippen LogP contribution is -2.54. The van der Waals surface area contributed by atoms with E-state index in [9.17, 15) is 4.79 Å². The first-order valence-corrected chi connectivity index (χ1v) is 7.20. The fraction of sp³-hybridized carbons (Fsp3) is 0.615. The Bertz CT molecular complexity index is 388. The fourth-order valence-corrected chi connectivity index (χ4v) is 3.57. The second-order valence-corrected chi connectivity index (χ2v) is 5.68. The van der Waals surface area contributed by atoms with Crippen LogP contribution in [0.5, 0.6) is 0 Å². The molecule has 3 nitrogen and oxygen atoms in total. The van der Waals surface area contributed by atoms with Gasteiger partial charge in [-0.15, -0.1) is 11.3 Å². The summed E-state index contributed by atoms with van der Waals surface area (Å²) in [6.45, 7) is 1.44. The first-order valence-electron chi connectivity index (χ1n) is 6.32. The largest absolute Gasteiger partial charge is 0.374 e. The second-order valence-electron chi connectivity index (χ2n) is 4.74. The lowest BCUT2D eigenvalue weighted by molar-refractivity contribution is -0.0751. The maximum Gasteiger partial charge on any atom is 0.264 e. The van der Waals surface area contributed by atoms with Crippen molar-refractivity contribution in [2.24, 2.45) is 0 Å². The van der Waals surface area contributed by atoms with Crippen LogP contribution in [0.4, 0.5) is 0 Å². The molecule has 4 heteroatoms. The van der Waals surface area contributed by atoms with Gasteiger partial charge in [0.2, 0.25) is 0 Å². The van der Waals surface area contributed by atoms with Gasteiger partial charge in [0.15, 0.2) is 0 Å². The number of hydrogen-bond acceptors (Lipinski definition) is 3. The van der Waals surface area contributed by atoms with E-state index in [-0.39, 0.29) is 12.0 Å². The molecule has 1 saturated heterocycles. The van der Waals surface area contributed by atoms with Crippen molar-refractivity contribution < 1.29 is 9.53 Å². The minimum absolute atomic E-state index is 0.195. The van der Waals surface area contributed by atoms with E-state index in [1.807, 2.05) is 22.4 Å². The van der Waals surface area contributed by atoms with Crippen LogP contribution in [0, 0.1) is 0 Å². The Kier molecular flexibility index (Phi) is 3.16. The molecule has 0 radical (unpaired) electrons. The molecule has 0 aromatic carbocycles. The van der Waals surface area contributed by atoms with Crippen molar-refractivity contribution in [2.75, 3.05) is 13.2 Å². The number of hydrogen-bond donors (Lipinski definition) is 0. The van der Waals surface area contributed by atoms with E-state index < -0.39 is 0 Å². The van der Waals surface area contributed by atoms with E-state index in [1.54, 1.807) is 0 Å². The Labute approximate surface area is 105 Å². The van der Waals surface area contributed by atoms with Crippen LogP contribution in [0.15, 0.2) is 17.5 Å². The first-order chi connectivity index (χ1) is 8.36. The predicted octanol–water partition coefficient (Wildman–Crippen LogP) is 2.53. The van der Waals surface area contributed by atoms with Crippen molar-refractivity contribution in [1.82, 2.24) is 4.90 Å². The predicted molar refractivity (Wildman–Crippen MR) is 67.4 cm³/mol. The van der Waals surface area contributed by atoms with E-state index in [4.69, 9.17) is 4.74 Å². The van der Waals surface area contributed by atoms with Crippen molar-refractivity contribution in [2.45, 2.75) is 37.8 Å². The summed E-state index contributed by atoms with van der Waals surface area (Å²) >= 11 is 1.53. The standard InChI is InChI=1S/C13H17NO2S/c15-13(12-6-3-9-17-12)14-7-8-16-11-5-2-1-4-10(11)14/h3,6,9-11H,1-2,4-5,7-8H2/t10-,11+/m1/s1. The van der Waals surface area contributed by atoms with E-state index in [2.05, 4.69) is 0 Å². The summed E-state index contributed by atoms with van der Waals surface area (Å²) in [5.41, 5.74) is 0. The van der Waals surface area contributed by atoms with Gasteiger partial charge in [-0.25, -0.2) is 0 Å². The highest BCUT2D eigenvalue weighted by Crippen LogP contribution is 2.29. The summed E-state index contributed by atoms with van der Waals surface area (Å²) in [4.78, 5) is 15.3. The number of amides is 1. The molecule has 2 fully saturated rings. The van der Waals surface area contributed by atoms with Gasteiger partial charge in [-0.2, -0.15) is 0 Å². The minimum Gasteiger partial charge on any atom is -0.374 e. The zero-order valence-electron chi connectivity index (χ0n) is 9.80. The second kappa shape index (κ2) is 4.78. The van der Waals surface area contributed by atoms with Gasteiger partial charge >= 0.3 is 0 Å². The molecule has 0 spiro atoms. The maximum absolute atomic E-state index is 12.4. The summed E-state index contributed by atoms with van der Waals surface area (Å²) in [7, 11) is 0. The molecule has 1 aliphatic carbocycles. The number of fused-ring (bicyclic) bond motifs is 1. The highest BCUT2D eigenvalue weighted by molar-refractivity contribution is 7.12. The quantitative estimate of drug-likeness (QED) is 0.767. The van der Waals surface area contributed by atoms with Gasteiger partial charge in [0.05, 0.1) is 23.6 Å². The molecule has 1 amide bonds. The number of nitrogens with zero attached hydrogens (tertiary/aromatic N) is 1. The molecule has 92 valence electrons. The third-order valence-corrected chi connectivity index (χ3v) is 4.58. The van der Waals surface area contributed by atoms with E-state index in [1.165, 1.54) is 24.2 Å². The van der Waals surface area contributed by atoms with Crippen molar-refractivity contribution in [3.63, 3.8) is 0 Å². The van der Waals surface area contributed by atoms with Gasteiger partial charge < -0.3 is 9.64 Å². The number of carbonyl (C=O) groups is 1. The zero-order chi connectivity index (χ0) is 11.7. The summed E-state index contributed by atoms with van der Waals surface area (Å²) < 4.78 is 5.79. The molecular weight excluding hydrogens is 234 g/mol. The van der Waals surface area contributed by atoms with Crippen LogP contribution in [0.3, 0.4) is 0 Å². The molecule has 2 heterocycles. The Hall–Kier alpha value is -0.870. The highest BCUT2D eigenvalue weighted by atomic mass is 32.1. The average molecular weight is 251 g/mol. The van der Waals surface area contributed by atoms with Gasteiger partial charge in [-0.1, -0.05) is 18.9 Å². The zero-order valence-corrected chi connectivity index (χ0v) is 10.6. The van der Waals surface area contributed by atoms with Crippen molar-refractivity contribution in [1.29, 1.82) is 0 Å². The van der Waals surface area contributed by atoms with Crippen LogP contribution >= 0.6 is 11.3 Å². The number of morpholine rings is 1. The molecule has 1 aromatic rings. The van der Waals surface area contributed by atoms with Crippen molar-refractivity contribution >= 4 is 17.2 Å². The first kappa shape index (κ1) is 11.2. The van der Waals surface area contributed by atoms with E-state index in [0.29, 0.717) is 12.6 Å². The van der Waals surface area contributed by atoms with Crippen LogP contribution in [-0.2, 0) is 4.74 Å². The monoisotopic (exact) mass is 251 g/mol. The van der Waals surface area contributed by atoms with Crippen LogP contribution in [0.2, 0.25) is 0 Å². The summed E-state index contributed by atoms with van der Waals surface area (Å²) in [6, 6.07) is 4.17. The normalized spacial score (nSPS) is 28.8. The summed E-state index contributed by atoms with van der Waals surface area (Å²) in [6.07, 6.45) is 4.95. The van der Waals surface area contributed by atoms with E-state index >= 15 is 0 Å². The smallest absolute Gasteiger partial charge is 0.264 e. The van der Waals surface area contributed by atoms with Gasteiger partial charge in [-0.05, 0) is 24.3 Å². The summed E-state index contributed by atoms with van der Waals surface area (Å²) in [5, 5.41) is 1.96. The molecule has 1 aromatic heterocycles. The lowest BCUT2D eigenvalue weighted by atomic mass is 9.90. The fourth-order valence-electron chi connectivity index (χ4n) is 2.89. The number of thiophene rings is 1. The molecule has 0 N–H and O–H groups in total. The number of carbonyl (C=O) groups excluding carboxylic acids is 1. The molecule has 3 rings (SSSR count). The van der Waals surface area contributed by atoms with Gasteiger partial charge in [0.25, 0.3) is 5.91 Å². The Morgan fingerprint density at radius 3 is 3.12 bits per heavy atom. The van der Waals surface area contributed by atoms with Crippen LogP contribution < -0.4 is 0 Å². The Balaban J connectivity index is 1.79. The maximum atomic E-state index is 12.4.